The monoisotopic (exact) mass is 616 g/mol. The van der Waals surface area contributed by atoms with Gasteiger partial charge in [-0.15, -0.1) is 0 Å². The van der Waals surface area contributed by atoms with Gasteiger partial charge in [0.25, 0.3) is 5.91 Å². The van der Waals surface area contributed by atoms with E-state index in [-0.39, 0.29) is 33.2 Å². The molecular weight excluding hydrogens is 591 g/mol. The van der Waals surface area contributed by atoms with Crippen LogP contribution in [0.15, 0.2) is 40.2 Å². The lowest BCUT2D eigenvalue weighted by Crippen LogP contribution is -2.39. The summed E-state index contributed by atoms with van der Waals surface area (Å²) < 4.78 is 6.77. The van der Waals surface area contributed by atoms with E-state index in [0.717, 1.165) is 36.2 Å². The lowest BCUT2D eigenvalue weighted by molar-refractivity contribution is 0.0701. The first-order chi connectivity index (χ1) is 18.5. The van der Waals surface area contributed by atoms with Crippen molar-refractivity contribution in [3.05, 3.63) is 75.3 Å². The number of piperidine rings is 1. The number of thiazole rings is 2. The molecule has 1 aliphatic heterocycles. The third-order valence-corrected chi connectivity index (χ3v) is 7.98. The molecular formula is C24H26Cl2N4O7S2. The van der Waals surface area contributed by atoms with Crippen molar-refractivity contribution in [1.29, 1.82) is 0 Å². The Morgan fingerprint density at radius 3 is 2.28 bits per heavy atom. The highest BCUT2D eigenvalue weighted by Crippen LogP contribution is 2.22. The zero-order valence-corrected chi connectivity index (χ0v) is 23.9. The first kappa shape index (κ1) is 30.4. The van der Waals surface area contributed by atoms with Crippen LogP contribution < -0.4 is 15.1 Å². The predicted octanol–water partition coefficient (Wildman–Crippen LogP) is 4.06. The van der Waals surface area contributed by atoms with Crippen LogP contribution in [0.2, 0.25) is 10.0 Å². The lowest BCUT2D eigenvalue weighted by atomic mass is 9.94. The minimum absolute atomic E-state index is 0.0417. The van der Waals surface area contributed by atoms with E-state index in [1.807, 2.05) is 0 Å². The summed E-state index contributed by atoms with van der Waals surface area (Å²) in [5.74, 6) is -0.867. The molecule has 210 valence electrons. The van der Waals surface area contributed by atoms with Gasteiger partial charge in [0.15, 0.2) is 0 Å². The van der Waals surface area contributed by atoms with Crippen LogP contribution in [0.5, 0.6) is 0 Å². The van der Waals surface area contributed by atoms with E-state index in [9.17, 15) is 24.0 Å². The number of halogens is 2. The van der Waals surface area contributed by atoms with Crippen molar-refractivity contribution in [3.8, 4) is 0 Å². The number of nitrogens with one attached hydrogen (secondary N) is 2. The number of carbonyl (C=O) groups is 3. The number of aromatic nitrogens is 2. The van der Waals surface area contributed by atoms with Crippen molar-refractivity contribution >= 4 is 63.8 Å². The van der Waals surface area contributed by atoms with Crippen molar-refractivity contribution in [2.45, 2.75) is 25.9 Å². The Morgan fingerprint density at radius 2 is 1.77 bits per heavy atom. The number of carboxylic acids is 1. The average molecular weight is 618 g/mol. The number of hydrogen-bond acceptors (Lipinski definition) is 8. The minimum atomic E-state index is -1.07. The zero-order chi connectivity index (χ0) is 28.5. The fourth-order valence-corrected chi connectivity index (χ4v) is 5.58. The summed E-state index contributed by atoms with van der Waals surface area (Å²) in [6.45, 7) is 1.90. The molecule has 3 aromatic rings. The largest absolute Gasteiger partial charge is 0.477 e. The van der Waals surface area contributed by atoms with Crippen LogP contribution >= 0.6 is 45.9 Å². The quantitative estimate of drug-likeness (QED) is 0.362. The van der Waals surface area contributed by atoms with Crippen LogP contribution in [0.4, 0.5) is 4.79 Å². The molecule has 3 heterocycles. The Morgan fingerprint density at radius 1 is 1.10 bits per heavy atom. The van der Waals surface area contributed by atoms with Gasteiger partial charge in [0.2, 0.25) is 0 Å². The second kappa shape index (κ2) is 14.3. The highest BCUT2D eigenvalue weighted by molar-refractivity contribution is 7.11. The van der Waals surface area contributed by atoms with Crippen LogP contribution in [0.1, 0.15) is 44.2 Å². The van der Waals surface area contributed by atoms with Crippen molar-refractivity contribution < 1.29 is 24.2 Å². The van der Waals surface area contributed by atoms with Gasteiger partial charge in [-0.2, -0.15) is 0 Å². The molecule has 0 spiro atoms. The van der Waals surface area contributed by atoms with E-state index >= 15 is 0 Å². The van der Waals surface area contributed by atoms with Gasteiger partial charge in [0.05, 0.1) is 0 Å². The number of aromatic carboxylic acids is 1. The van der Waals surface area contributed by atoms with Gasteiger partial charge in [0, 0.05) is 49.1 Å². The van der Waals surface area contributed by atoms with E-state index in [2.05, 4.69) is 10.3 Å². The SMILES string of the molecule is Cn1cc(C(=O)NCCC2CCN(C(=O)OCc3cc(Cl)cc(Cl)c3)CC2)sc1=O.O=C(O)c1c[nH]c(=O)s1. The van der Waals surface area contributed by atoms with Crippen molar-refractivity contribution in [2.75, 3.05) is 19.6 Å². The smallest absolute Gasteiger partial charge is 0.410 e. The molecule has 0 aliphatic carbocycles. The predicted molar refractivity (Wildman–Crippen MR) is 149 cm³/mol. The van der Waals surface area contributed by atoms with E-state index in [4.69, 9.17) is 33.0 Å². The van der Waals surface area contributed by atoms with E-state index in [0.29, 0.717) is 51.8 Å². The van der Waals surface area contributed by atoms with Gasteiger partial charge in [-0.25, -0.2) is 9.59 Å². The first-order valence-electron chi connectivity index (χ1n) is 11.7. The Labute approximate surface area is 240 Å². The molecule has 1 aromatic carbocycles. The number of aryl methyl sites for hydroxylation is 1. The second-order valence-corrected chi connectivity index (χ2v) is 11.5. The summed E-state index contributed by atoms with van der Waals surface area (Å²) in [7, 11) is 1.62. The van der Waals surface area contributed by atoms with E-state index in [1.165, 1.54) is 10.8 Å². The summed E-state index contributed by atoms with van der Waals surface area (Å²) in [5.41, 5.74) is 0.745. The molecule has 1 aliphatic rings. The zero-order valence-electron chi connectivity index (χ0n) is 20.8. The summed E-state index contributed by atoms with van der Waals surface area (Å²) in [4.78, 5) is 60.1. The number of carbonyl (C=O) groups excluding carboxylic acids is 2. The van der Waals surface area contributed by atoms with Crippen LogP contribution in [0, 0.1) is 5.92 Å². The maximum absolute atomic E-state index is 12.3. The summed E-state index contributed by atoms with van der Waals surface area (Å²) in [6.07, 6.45) is 4.91. The maximum atomic E-state index is 12.3. The molecule has 3 N–H and O–H groups in total. The molecule has 0 unspecified atom stereocenters. The van der Waals surface area contributed by atoms with Gasteiger partial charge in [-0.1, -0.05) is 45.9 Å². The molecule has 0 bridgehead atoms. The molecule has 0 atom stereocenters. The molecule has 39 heavy (non-hydrogen) atoms. The fraction of sp³-hybridized carbons (Fsp3) is 0.375. The summed E-state index contributed by atoms with van der Waals surface area (Å²) in [5, 5.41) is 12.1. The number of carboxylic acid groups (broad SMARTS) is 1. The van der Waals surface area contributed by atoms with Gasteiger partial charge in [-0.3, -0.25) is 14.4 Å². The number of ether oxygens (including phenoxy) is 1. The standard InChI is InChI=1S/C20H23Cl2N3O4S.C4H3NO3S/c1-24-11-17(30-20(24)28)18(26)23-5-2-13-3-6-25(7-4-13)19(27)29-12-14-8-15(21)10-16(22)9-14;6-3(7)2-1-5-4(8)9-2/h8-11,13H,2-7,12H2,1H3,(H,23,26);1H,(H,5,8)(H,6,7). The number of H-pyrrole nitrogens is 1. The minimum Gasteiger partial charge on any atom is -0.477 e. The fourth-order valence-electron chi connectivity index (χ4n) is 3.73. The van der Waals surface area contributed by atoms with Crippen molar-refractivity contribution in [2.24, 2.45) is 13.0 Å². The first-order valence-corrected chi connectivity index (χ1v) is 14.1. The molecule has 0 radical (unpaired) electrons. The molecule has 11 nitrogen and oxygen atoms in total. The number of benzene rings is 1. The topological polar surface area (TPSA) is 151 Å². The number of aromatic amines is 1. The molecule has 1 saturated heterocycles. The number of amides is 2. The van der Waals surface area contributed by atoms with Crippen LogP contribution in [-0.2, 0) is 18.4 Å². The molecule has 1 fully saturated rings. The van der Waals surface area contributed by atoms with Gasteiger partial charge < -0.3 is 29.6 Å². The molecule has 2 aromatic heterocycles. The van der Waals surface area contributed by atoms with Crippen LogP contribution in [0.3, 0.4) is 0 Å². The maximum Gasteiger partial charge on any atom is 0.410 e. The van der Waals surface area contributed by atoms with E-state index in [1.54, 1.807) is 36.3 Å². The number of nitrogens with zero attached hydrogens (tertiary/aromatic N) is 2. The Hall–Kier alpha value is -3.13. The average Bonchev–Trinajstić information content (AvgIpc) is 3.48. The Bertz CT molecular complexity index is 1400. The molecule has 2 amide bonds. The summed E-state index contributed by atoms with van der Waals surface area (Å²) in [6, 6.07) is 5.06. The molecule has 0 saturated carbocycles. The normalized spacial score (nSPS) is 13.4. The summed E-state index contributed by atoms with van der Waals surface area (Å²) >= 11 is 13.5. The van der Waals surface area contributed by atoms with Gasteiger partial charge >= 0.3 is 21.8 Å². The lowest BCUT2D eigenvalue weighted by Gasteiger charge is -2.31. The second-order valence-electron chi connectivity index (χ2n) is 8.63. The van der Waals surface area contributed by atoms with Crippen LogP contribution in [0.25, 0.3) is 0 Å². The third kappa shape index (κ3) is 9.53. The third-order valence-electron chi connectivity index (χ3n) is 5.75. The molecule has 15 heteroatoms. The highest BCUT2D eigenvalue weighted by atomic mass is 35.5. The Balaban J connectivity index is 0.000000395. The van der Waals surface area contributed by atoms with Crippen LogP contribution in [-0.4, -0.2) is 57.2 Å². The number of rotatable bonds is 7. The number of hydrogen-bond donors (Lipinski definition) is 3. The van der Waals surface area contributed by atoms with Gasteiger partial charge in [-0.05, 0) is 48.9 Å². The molecule has 4 rings (SSSR count). The highest BCUT2D eigenvalue weighted by Gasteiger charge is 2.24. The van der Waals surface area contributed by atoms with E-state index < -0.39 is 5.97 Å². The Kier molecular flexibility index (Phi) is 11.2. The van der Waals surface area contributed by atoms with Crippen molar-refractivity contribution in [3.63, 3.8) is 0 Å². The van der Waals surface area contributed by atoms with Crippen molar-refractivity contribution in [1.82, 2.24) is 19.8 Å². The number of likely N-dealkylation sites (tertiary alicyclic amines) is 1. The van der Waals surface area contributed by atoms with Gasteiger partial charge in [0.1, 0.15) is 16.4 Å².